The number of hydrogen-bond donors (Lipinski definition) is 1. The molecule has 8 nitrogen and oxygen atoms in total. The highest BCUT2D eigenvalue weighted by Gasteiger charge is 2.29. The molecule has 0 radical (unpaired) electrons. The van der Waals surface area contributed by atoms with Crippen molar-refractivity contribution in [1.29, 1.82) is 0 Å². The van der Waals surface area contributed by atoms with Gasteiger partial charge in [0.25, 0.3) is 0 Å². The molecule has 1 atom stereocenters. The van der Waals surface area contributed by atoms with E-state index >= 15 is 0 Å². The smallest absolute Gasteiger partial charge is 0.422 e. The largest absolute Gasteiger partial charge is 0.468 e. The summed E-state index contributed by atoms with van der Waals surface area (Å²) in [6.07, 6.45) is 1.38. The van der Waals surface area contributed by atoms with E-state index in [0.29, 0.717) is 36.5 Å². The fourth-order valence-corrected chi connectivity index (χ4v) is 3.55. The number of aryl methyl sites for hydroxylation is 1. The van der Waals surface area contributed by atoms with Crippen LogP contribution < -0.4 is 10.1 Å². The molecule has 11 heteroatoms. The van der Waals surface area contributed by atoms with Crippen LogP contribution in [0.5, 0.6) is 5.88 Å². The van der Waals surface area contributed by atoms with Crippen molar-refractivity contribution in [3.05, 3.63) is 47.5 Å². The Kier molecular flexibility index (Phi) is 6.26. The van der Waals surface area contributed by atoms with E-state index in [9.17, 15) is 18.0 Å². The lowest BCUT2D eigenvalue weighted by Gasteiger charge is -2.11. The summed E-state index contributed by atoms with van der Waals surface area (Å²) in [6, 6.07) is 3.50. The van der Waals surface area contributed by atoms with Gasteiger partial charge in [0.15, 0.2) is 6.61 Å². The van der Waals surface area contributed by atoms with Crippen molar-refractivity contribution in [1.82, 2.24) is 25.1 Å². The van der Waals surface area contributed by atoms with Crippen molar-refractivity contribution < 1.29 is 27.4 Å². The second-order valence-electron chi connectivity index (χ2n) is 7.69. The van der Waals surface area contributed by atoms with Gasteiger partial charge in [0.1, 0.15) is 0 Å². The van der Waals surface area contributed by atoms with E-state index in [1.165, 1.54) is 6.20 Å². The van der Waals surface area contributed by atoms with Gasteiger partial charge in [-0.25, -0.2) is 4.98 Å². The van der Waals surface area contributed by atoms with Gasteiger partial charge in [0.2, 0.25) is 11.8 Å². The lowest BCUT2D eigenvalue weighted by molar-refractivity contribution is -0.154. The topological polar surface area (TPSA) is 91.2 Å². The first-order chi connectivity index (χ1) is 15.3. The number of amides is 1. The number of aromatic nitrogens is 4. The van der Waals surface area contributed by atoms with E-state index in [1.807, 2.05) is 0 Å². The van der Waals surface area contributed by atoms with E-state index in [2.05, 4.69) is 20.4 Å². The van der Waals surface area contributed by atoms with E-state index < -0.39 is 12.8 Å². The number of pyridine rings is 2. The number of fused-ring (bicyclic) bond motifs is 1. The highest BCUT2D eigenvalue weighted by atomic mass is 19.4. The molecule has 0 saturated carbocycles. The Morgan fingerprint density at radius 1 is 1.38 bits per heavy atom. The van der Waals surface area contributed by atoms with Crippen LogP contribution in [0.15, 0.2) is 30.7 Å². The van der Waals surface area contributed by atoms with Gasteiger partial charge in [-0.2, -0.15) is 18.3 Å². The van der Waals surface area contributed by atoms with Crippen molar-refractivity contribution in [3.8, 4) is 5.88 Å². The average Bonchev–Trinajstić information content (AvgIpc) is 3.36. The van der Waals surface area contributed by atoms with Gasteiger partial charge in [-0.05, 0) is 31.0 Å². The summed E-state index contributed by atoms with van der Waals surface area (Å²) in [5.74, 6) is -0.176. The standard InChI is InChI=1S/C21H22F3N5O3/c1-13-6-14(8-26-20(13)32-12-21(22,23)24)9-29-10-16-17(28-29)2-4-25-18(16)7-19(30)27-15-3-5-31-11-15/h2,4,6,8,10,15H,3,5,7,9,11-12H2,1H3,(H,27,30)/t15-/m0/s1. The molecule has 1 N–H and O–H groups in total. The molecule has 3 aromatic heterocycles. The first-order valence-electron chi connectivity index (χ1n) is 10.1. The molecule has 4 heterocycles. The van der Waals surface area contributed by atoms with E-state index in [-0.39, 0.29) is 24.2 Å². The number of hydrogen-bond acceptors (Lipinski definition) is 6. The Bertz CT molecular complexity index is 1110. The number of nitrogens with zero attached hydrogens (tertiary/aromatic N) is 4. The Hall–Kier alpha value is -3.21. The molecule has 32 heavy (non-hydrogen) atoms. The van der Waals surface area contributed by atoms with Gasteiger partial charge in [-0.3, -0.25) is 14.5 Å². The average molecular weight is 449 g/mol. The van der Waals surface area contributed by atoms with Gasteiger partial charge < -0.3 is 14.8 Å². The fourth-order valence-electron chi connectivity index (χ4n) is 3.55. The Morgan fingerprint density at radius 3 is 2.94 bits per heavy atom. The van der Waals surface area contributed by atoms with Crippen LogP contribution in [0, 0.1) is 6.92 Å². The molecular weight excluding hydrogens is 427 g/mol. The molecule has 0 spiro atoms. The van der Waals surface area contributed by atoms with Gasteiger partial charge >= 0.3 is 6.18 Å². The first-order valence-corrected chi connectivity index (χ1v) is 10.1. The second-order valence-corrected chi connectivity index (χ2v) is 7.69. The molecule has 0 aliphatic carbocycles. The minimum atomic E-state index is -4.42. The molecule has 1 saturated heterocycles. The quantitative estimate of drug-likeness (QED) is 0.596. The summed E-state index contributed by atoms with van der Waals surface area (Å²) in [5.41, 5.74) is 2.57. The van der Waals surface area contributed by atoms with Crippen molar-refractivity contribution in [3.63, 3.8) is 0 Å². The maximum Gasteiger partial charge on any atom is 0.422 e. The third-order valence-corrected chi connectivity index (χ3v) is 4.99. The van der Waals surface area contributed by atoms with E-state index in [1.54, 1.807) is 36.1 Å². The number of ether oxygens (including phenoxy) is 2. The maximum atomic E-state index is 12.4. The molecule has 1 aliphatic heterocycles. The van der Waals surface area contributed by atoms with Gasteiger partial charge in [-0.1, -0.05) is 0 Å². The normalized spacial score (nSPS) is 16.4. The van der Waals surface area contributed by atoms with E-state index in [4.69, 9.17) is 9.47 Å². The van der Waals surface area contributed by atoms with Crippen molar-refractivity contribution in [2.24, 2.45) is 0 Å². The molecule has 170 valence electrons. The van der Waals surface area contributed by atoms with Crippen LogP contribution in [0.1, 0.15) is 23.2 Å². The lowest BCUT2D eigenvalue weighted by Crippen LogP contribution is -2.36. The molecule has 0 unspecified atom stereocenters. The molecule has 1 aliphatic rings. The number of alkyl halides is 3. The van der Waals surface area contributed by atoms with Gasteiger partial charge in [0.05, 0.1) is 36.8 Å². The van der Waals surface area contributed by atoms with Gasteiger partial charge in [0, 0.05) is 36.1 Å². The first kappa shape index (κ1) is 22.0. The minimum absolute atomic E-state index is 0.0308. The zero-order chi connectivity index (χ0) is 22.7. The lowest BCUT2D eigenvalue weighted by atomic mass is 10.1. The van der Waals surface area contributed by atoms with Crippen molar-refractivity contribution in [2.75, 3.05) is 19.8 Å². The molecule has 0 bridgehead atoms. The third-order valence-electron chi connectivity index (χ3n) is 4.99. The summed E-state index contributed by atoms with van der Waals surface area (Å²) < 4.78 is 48.8. The summed E-state index contributed by atoms with van der Waals surface area (Å²) in [7, 11) is 0. The minimum Gasteiger partial charge on any atom is -0.468 e. The molecule has 1 amide bonds. The highest BCUT2D eigenvalue weighted by Crippen LogP contribution is 2.22. The van der Waals surface area contributed by atoms with Crippen molar-refractivity contribution >= 4 is 16.8 Å². The second kappa shape index (κ2) is 9.11. The zero-order valence-corrected chi connectivity index (χ0v) is 17.4. The van der Waals surface area contributed by atoms with Crippen LogP contribution in [-0.2, 0) is 22.5 Å². The summed E-state index contributed by atoms with van der Waals surface area (Å²) in [5, 5.41) is 8.23. The molecule has 3 aromatic rings. The highest BCUT2D eigenvalue weighted by molar-refractivity contribution is 5.86. The molecular formula is C21H22F3N5O3. The number of nitrogens with one attached hydrogen (secondary N) is 1. The van der Waals surface area contributed by atoms with Gasteiger partial charge in [-0.15, -0.1) is 0 Å². The summed E-state index contributed by atoms with van der Waals surface area (Å²) >= 11 is 0. The predicted octanol–water partition coefficient (Wildman–Crippen LogP) is 2.57. The van der Waals surface area contributed by atoms with Crippen LogP contribution in [0.2, 0.25) is 0 Å². The number of rotatable bonds is 7. The summed E-state index contributed by atoms with van der Waals surface area (Å²) in [4.78, 5) is 20.7. The van der Waals surface area contributed by atoms with E-state index in [0.717, 1.165) is 17.4 Å². The number of halogens is 3. The molecule has 0 aromatic carbocycles. The van der Waals surface area contributed by atoms with Crippen molar-refractivity contribution in [2.45, 2.75) is 38.5 Å². The van der Waals surface area contributed by atoms with Crippen LogP contribution >= 0.6 is 0 Å². The number of carbonyl (C=O) groups excluding carboxylic acids is 1. The predicted molar refractivity (Wildman–Crippen MR) is 108 cm³/mol. The Morgan fingerprint density at radius 2 is 2.22 bits per heavy atom. The fraction of sp³-hybridized carbons (Fsp3) is 0.429. The monoisotopic (exact) mass is 449 g/mol. The maximum absolute atomic E-state index is 12.4. The van der Waals surface area contributed by atoms with Crippen LogP contribution in [-0.4, -0.2) is 57.7 Å². The van der Waals surface area contributed by atoms with Crippen LogP contribution in [0.25, 0.3) is 10.9 Å². The number of carbonyl (C=O) groups is 1. The van der Waals surface area contributed by atoms with Crippen LogP contribution in [0.3, 0.4) is 0 Å². The summed E-state index contributed by atoms with van der Waals surface area (Å²) in [6.45, 7) is 1.77. The van der Waals surface area contributed by atoms with Crippen LogP contribution in [0.4, 0.5) is 13.2 Å². The third kappa shape index (κ3) is 5.52. The molecule has 1 fully saturated rings. The SMILES string of the molecule is Cc1cc(Cn2cc3c(CC(=O)N[C@H]4CCOC4)nccc3n2)cnc1OCC(F)(F)F. The molecule has 4 rings (SSSR count). The Balaban J connectivity index is 1.45. The Labute approximate surface area is 181 Å². The zero-order valence-electron chi connectivity index (χ0n) is 17.4.